The van der Waals surface area contributed by atoms with Crippen LogP contribution in [0.25, 0.3) is 54.2 Å². The van der Waals surface area contributed by atoms with Gasteiger partial charge in [0.05, 0.1) is 7.11 Å². The summed E-state index contributed by atoms with van der Waals surface area (Å²) in [6.45, 7) is 0. The Morgan fingerprint density at radius 1 is 0.500 bits per heavy atom. The molecule has 0 aliphatic carbocycles. The highest BCUT2D eigenvalue weighted by atomic mass is 35.5. The predicted molar refractivity (Wildman–Crippen MR) is 164 cm³/mol. The van der Waals surface area contributed by atoms with Gasteiger partial charge in [0.15, 0.2) is 0 Å². The smallest absolute Gasteiger partial charge is 0.126 e. The zero-order valence-electron chi connectivity index (χ0n) is 21.0. The lowest BCUT2D eigenvalue weighted by Gasteiger charge is -2.14. The number of hydrogen-bond acceptors (Lipinski definition) is 2. The molecule has 0 radical (unpaired) electrons. The number of methoxy groups -OCH3 is 1. The van der Waals surface area contributed by atoms with Crippen LogP contribution in [0.15, 0.2) is 127 Å². The van der Waals surface area contributed by atoms with E-state index in [1.54, 1.807) is 7.11 Å². The molecule has 2 nitrogen and oxygen atoms in total. The first kappa shape index (κ1) is 23.8. The van der Waals surface area contributed by atoms with Crippen molar-refractivity contribution in [2.45, 2.75) is 0 Å². The van der Waals surface area contributed by atoms with Gasteiger partial charge in [-0.3, -0.25) is 0 Å². The van der Waals surface area contributed by atoms with Crippen LogP contribution in [0.4, 0.5) is 5.69 Å². The monoisotopic (exact) mass is 511 g/mol. The Kier molecular flexibility index (Phi) is 6.33. The molecule has 0 saturated carbocycles. The summed E-state index contributed by atoms with van der Waals surface area (Å²) in [6.07, 6.45) is 0. The van der Waals surface area contributed by atoms with Crippen LogP contribution in [0.3, 0.4) is 0 Å². The lowest BCUT2D eigenvalue weighted by molar-refractivity contribution is 0.416. The van der Waals surface area contributed by atoms with Crippen molar-refractivity contribution in [2.75, 3.05) is 12.8 Å². The van der Waals surface area contributed by atoms with E-state index in [1.807, 2.05) is 42.5 Å². The van der Waals surface area contributed by atoms with E-state index in [0.717, 1.165) is 33.3 Å². The summed E-state index contributed by atoms with van der Waals surface area (Å²) in [5.41, 5.74) is 9.19. The van der Waals surface area contributed by atoms with Crippen LogP contribution < -0.4 is 10.5 Å². The molecular formula is C35H26ClNO. The molecule has 184 valence electrons. The summed E-state index contributed by atoms with van der Waals surface area (Å²) < 4.78 is 5.56. The summed E-state index contributed by atoms with van der Waals surface area (Å²) in [4.78, 5) is 0. The van der Waals surface area contributed by atoms with Crippen LogP contribution in [0.1, 0.15) is 0 Å². The van der Waals surface area contributed by atoms with E-state index in [1.165, 1.54) is 32.3 Å². The average molecular weight is 512 g/mol. The molecule has 7 aromatic rings. The lowest BCUT2D eigenvalue weighted by atomic mass is 9.93. The van der Waals surface area contributed by atoms with Gasteiger partial charge in [0.2, 0.25) is 0 Å². The van der Waals surface area contributed by atoms with E-state index in [2.05, 4.69) is 84.9 Å². The molecule has 0 saturated heterocycles. The van der Waals surface area contributed by atoms with E-state index in [9.17, 15) is 0 Å². The third-order valence-electron chi connectivity index (χ3n) is 7.03. The Bertz CT molecular complexity index is 1890. The van der Waals surface area contributed by atoms with Crippen molar-refractivity contribution >= 4 is 60.4 Å². The molecule has 7 rings (SSSR count). The maximum absolute atomic E-state index is 6.24. The lowest BCUT2D eigenvalue weighted by Crippen LogP contribution is -1.90. The minimum Gasteiger partial charge on any atom is -0.496 e. The quantitative estimate of drug-likeness (QED) is 0.142. The normalized spacial score (nSPS) is 11.0. The maximum Gasteiger partial charge on any atom is 0.126 e. The van der Waals surface area contributed by atoms with Crippen LogP contribution in [0, 0.1) is 0 Å². The van der Waals surface area contributed by atoms with Crippen molar-refractivity contribution in [1.82, 2.24) is 0 Å². The third-order valence-corrected chi connectivity index (χ3v) is 7.27. The molecular weight excluding hydrogens is 486 g/mol. The van der Waals surface area contributed by atoms with Gasteiger partial charge in [0, 0.05) is 27.0 Å². The van der Waals surface area contributed by atoms with Crippen molar-refractivity contribution in [3.63, 3.8) is 0 Å². The summed E-state index contributed by atoms with van der Waals surface area (Å²) in [6, 6.07) is 43.5. The fourth-order valence-corrected chi connectivity index (χ4v) is 5.39. The molecule has 0 bridgehead atoms. The van der Waals surface area contributed by atoms with Crippen molar-refractivity contribution in [2.24, 2.45) is 0 Å². The van der Waals surface area contributed by atoms with Gasteiger partial charge < -0.3 is 10.5 Å². The largest absolute Gasteiger partial charge is 0.496 e. The molecule has 7 aromatic carbocycles. The topological polar surface area (TPSA) is 35.2 Å². The highest BCUT2D eigenvalue weighted by molar-refractivity contribution is 6.31. The van der Waals surface area contributed by atoms with E-state index in [4.69, 9.17) is 22.1 Å². The van der Waals surface area contributed by atoms with E-state index >= 15 is 0 Å². The van der Waals surface area contributed by atoms with Crippen LogP contribution in [-0.4, -0.2) is 7.11 Å². The number of nitrogens with two attached hydrogens (primary N) is 1. The molecule has 0 heterocycles. The molecule has 0 amide bonds. The zero-order chi connectivity index (χ0) is 26.1. The van der Waals surface area contributed by atoms with Gasteiger partial charge in [-0.1, -0.05) is 109 Å². The molecule has 0 aliphatic rings. The highest BCUT2D eigenvalue weighted by Gasteiger charge is 2.12. The predicted octanol–water partition coefficient (Wildman–Crippen LogP) is 9.90. The van der Waals surface area contributed by atoms with Crippen molar-refractivity contribution < 1.29 is 4.74 Å². The van der Waals surface area contributed by atoms with Crippen molar-refractivity contribution in [1.29, 1.82) is 0 Å². The summed E-state index contributed by atoms with van der Waals surface area (Å²) in [5.74, 6) is 0.829. The minimum absolute atomic E-state index is 0.707. The number of benzene rings is 7. The molecule has 3 heteroatoms. The SMILES string of the molecule is COc1ccc(Cl)cc1-c1cc2ccccc2c2ccccc12.Nc1c2ccccc2cc2ccccc12. The Balaban J connectivity index is 0.000000152. The second-order valence-electron chi connectivity index (χ2n) is 9.27. The van der Waals surface area contributed by atoms with Gasteiger partial charge >= 0.3 is 0 Å². The van der Waals surface area contributed by atoms with Gasteiger partial charge in [0.25, 0.3) is 0 Å². The molecule has 38 heavy (non-hydrogen) atoms. The van der Waals surface area contributed by atoms with Gasteiger partial charge in [0.1, 0.15) is 5.75 Å². The number of hydrogen-bond donors (Lipinski definition) is 1. The van der Waals surface area contributed by atoms with Crippen molar-refractivity contribution in [3.05, 3.63) is 132 Å². The fraction of sp³-hybridized carbons (Fsp3) is 0.0286. The summed E-state index contributed by atoms with van der Waals surface area (Å²) in [5, 5.41) is 10.3. The summed E-state index contributed by atoms with van der Waals surface area (Å²) in [7, 11) is 1.69. The Morgan fingerprint density at radius 2 is 1.00 bits per heavy atom. The fourth-order valence-electron chi connectivity index (χ4n) is 5.22. The molecule has 0 unspecified atom stereocenters. The number of halogens is 1. The first-order chi connectivity index (χ1) is 18.6. The number of anilines is 1. The van der Waals surface area contributed by atoms with E-state index in [0.29, 0.717) is 5.02 Å². The number of fused-ring (bicyclic) bond motifs is 5. The van der Waals surface area contributed by atoms with Crippen LogP contribution in [-0.2, 0) is 0 Å². The second-order valence-corrected chi connectivity index (χ2v) is 9.70. The van der Waals surface area contributed by atoms with Crippen LogP contribution in [0.5, 0.6) is 5.75 Å². The Labute approximate surface area is 226 Å². The molecule has 0 aromatic heterocycles. The standard InChI is InChI=1S/C21H15ClO.C14H11N/c1-23-21-11-10-15(22)13-20(21)19-12-14-6-2-3-7-16(14)17-8-4-5-9-18(17)19;15-14-12-7-3-1-5-10(12)9-11-6-2-4-8-13(11)14/h2-13H,1H3;1-9H,15H2. The average Bonchev–Trinajstić information content (AvgIpc) is 2.97. The van der Waals surface area contributed by atoms with Gasteiger partial charge in [-0.05, 0) is 68.2 Å². The first-order valence-corrected chi connectivity index (χ1v) is 12.9. The molecule has 0 fully saturated rings. The van der Waals surface area contributed by atoms with E-state index < -0.39 is 0 Å². The van der Waals surface area contributed by atoms with E-state index in [-0.39, 0.29) is 0 Å². The van der Waals surface area contributed by atoms with Gasteiger partial charge in [-0.2, -0.15) is 0 Å². The number of ether oxygens (including phenoxy) is 1. The Hall–Kier alpha value is -4.53. The van der Waals surface area contributed by atoms with Gasteiger partial charge in [-0.25, -0.2) is 0 Å². The third kappa shape index (κ3) is 4.30. The van der Waals surface area contributed by atoms with Crippen molar-refractivity contribution in [3.8, 4) is 16.9 Å². The zero-order valence-corrected chi connectivity index (χ0v) is 21.7. The van der Waals surface area contributed by atoms with Crippen LogP contribution >= 0.6 is 11.6 Å². The second kappa shape index (κ2) is 10.1. The summed E-state index contributed by atoms with van der Waals surface area (Å²) >= 11 is 6.24. The first-order valence-electron chi connectivity index (χ1n) is 12.5. The van der Waals surface area contributed by atoms with Crippen LogP contribution in [0.2, 0.25) is 5.02 Å². The molecule has 0 spiro atoms. The molecule has 0 atom stereocenters. The minimum atomic E-state index is 0.707. The number of nitrogen functional groups attached to an aromatic ring is 1. The van der Waals surface area contributed by atoms with Gasteiger partial charge in [-0.15, -0.1) is 0 Å². The number of rotatable bonds is 2. The molecule has 2 N–H and O–H groups in total. The molecule has 0 aliphatic heterocycles. The highest BCUT2D eigenvalue weighted by Crippen LogP contribution is 2.40. The Morgan fingerprint density at radius 3 is 1.61 bits per heavy atom. The maximum atomic E-state index is 6.24.